The fraction of sp³-hybridized carbons (Fsp3) is 0.500. The molecule has 0 spiro atoms. The highest BCUT2D eigenvalue weighted by Crippen LogP contribution is 2.14. The first-order valence-electron chi connectivity index (χ1n) is 6.34. The standard InChI is InChI=1S/C14H20ClFN2O/c1-4-5-13(18(2)3)9-17-14(19)10-6-11(15)8-12(16)7-10/h6-8,13H,4-5,9H2,1-3H3,(H,17,19)/t13-/m0/s1. The molecule has 0 heterocycles. The fourth-order valence-corrected chi connectivity index (χ4v) is 2.10. The Kier molecular flexibility index (Phi) is 6.25. The molecule has 0 aliphatic carbocycles. The van der Waals surface area contributed by atoms with Gasteiger partial charge in [-0.25, -0.2) is 4.39 Å². The van der Waals surface area contributed by atoms with E-state index in [4.69, 9.17) is 11.6 Å². The van der Waals surface area contributed by atoms with Crippen LogP contribution in [0.25, 0.3) is 0 Å². The summed E-state index contributed by atoms with van der Waals surface area (Å²) < 4.78 is 13.2. The largest absolute Gasteiger partial charge is 0.350 e. The molecule has 0 unspecified atom stereocenters. The molecule has 5 heteroatoms. The summed E-state index contributed by atoms with van der Waals surface area (Å²) in [5.41, 5.74) is 0.249. The van der Waals surface area contributed by atoms with Crippen LogP contribution in [-0.4, -0.2) is 37.5 Å². The molecule has 1 aromatic rings. The van der Waals surface area contributed by atoms with Crippen molar-refractivity contribution in [3.05, 3.63) is 34.6 Å². The van der Waals surface area contributed by atoms with E-state index in [2.05, 4.69) is 17.1 Å². The van der Waals surface area contributed by atoms with E-state index in [1.54, 1.807) is 0 Å². The summed E-state index contributed by atoms with van der Waals surface area (Å²) in [6, 6.07) is 4.10. The van der Waals surface area contributed by atoms with Crippen molar-refractivity contribution in [2.45, 2.75) is 25.8 Å². The van der Waals surface area contributed by atoms with E-state index in [-0.39, 0.29) is 22.5 Å². The maximum absolute atomic E-state index is 13.2. The molecule has 1 atom stereocenters. The summed E-state index contributed by atoms with van der Waals surface area (Å²) in [5.74, 6) is -0.806. The molecule has 3 nitrogen and oxygen atoms in total. The van der Waals surface area contributed by atoms with Gasteiger partial charge in [0.15, 0.2) is 0 Å². The van der Waals surface area contributed by atoms with Gasteiger partial charge < -0.3 is 10.2 Å². The normalized spacial score (nSPS) is 12.5. The van der Waals surface area contributed by atoms with Gasteiger partial charge in [0.25, 0.3) is 5.91 Å². The summed E-state index contributed by atoms with van der Waals surface area (Å²) in [6.45, 7) is 2.64. The molecule has 1 rings (SSSR count). The van der Waals surface area contributed by atoms with Crippen molar-refractivity contribution < 1.29 is 9.18 Å². The average Bonchev–Trinajstić information content (AvgIpc) is 2.32. The number of amides is 1. The Labute approximate surface area is 118 Å². The molecule has 1 aromatic carbocycles. The quantitative estimate of drug-likeness (QED) is 0.872. The van der Waals surface area contributed by atoms with Crippen LogP contribution >= 0.6 is 11.6 Å². The van der Waals surface area contributed by atoms with Gasteiger partial charge >= 0.3 is 0 Å². The lowest BCUT2D eigenvalue weighted by Gasteiger charge is -2.24. The zero-order valence-electron chi connectivity index (χ0n) is 11.5. The molecule has 0 bridgehead atoms. The van der Waals surface area contributed by atoms with Crippen molar-refractivity contribution in [2.75, 3.05) is 20.6 Å². The minimum Gasteiger partial charge on any atom is -0.350 e. The van der Waals surface area contributed by atoms with E-state index in [1.807, 2.05) is 14.1 Å². The lowest BCUT2D eigenvalue weighted by atomic mass is 10.1. The summed E-state index contributed by atoms with van der Waals surface area (Å²) in [5, 5.41) is 3.04. The Balaban J connectivity index is 2.63. The molecule has 0 aliphatic rings. The van der Waals surface area contributed by atoms with Crippen LogP contribution in [0.1, 0.15) is 30.1 Å². The maximum atomic E-state index is 13.2. The third-order valence-corrected chi connectivity index (χ3v) is 3.19. The van der Waals surface area contributed by atoms with Crippen molar-refractivity contribution in [1.29, 1.82) is 0 Å². The van der Waals surface area contributed by atoms with Crippen molar-refractivity contribution in [2.24, 2.45) is 0 Å². The summed E-state index contributed by atoms with van der Waals surface area (Å²) in [7, 11) is 3.96. The van der Waals surface area contributed by atoms with Gasteiger partial charge in [0.05, 0.1) is 0 Å². The van der Waals surface area contributed by atoms with Crippen LogP contribution in [0.5, 0.6) is 0 Å². The van der Waals surface area contributed by atoms with Crippen LogP contribution in [-0.2, 0) is 0 Å². The molecule has 106 valence electrons. The number of hydrogen-bond donors (Lipinski definition) is 1. The predicted octanol–water partition coefficient (Wildman–Crippen LogP) is 2.94. The Morgan fingerprint density at radius 3 is 2.63 bits per heavy atom. The van der Waals surface area contributed by atoms with E-state index in [0.29, 0.717) is 6.54 Å². The number of carbonyl (C=O) groups excluding carboxylic acids is 1. The Hall–Kier alpha value is -1.13. The van der Waals surface area contributed by atoms with E-state index in [9.17, 15) is 9.18 Å². The first-order chi connectivity index (χ1) is 8.93. The van der Waals surface area contributed by atoms with Crippen LogP contribution < -0.4 is 5.32 Å². The fourth-order valence-electron chi connectivity index (χ4n) is 1.87. The number of rotatable bonds is 6. The van der Waals surface area contributed by atoms with Crippen LogP contribution in [0, 0.1) is 5.82 Å². The number of hydrogen-bond acceptors (Lipinski definition) is 2. The Bertz CT molecular complexity index is 417. The van der Waals surface area contributed by atoms with Crippen molar-refractivity contribution >= 4 is 17.5 Å². The minimum atomic E-state index is -0.504. The van der Waals surface area contributed by atoms with Gasteiger partial charge in [-0.1, -0.05) is 24.9 Å². The first-order valence-corrected chi connectivity index (χ1v) is 6.72. The highest BCUT2D eigenvalue weighted by Gasteiger charge is 2.13. The van der Waals surface area contributed by atoms with Crippen LogP contribution in [0.2, 0.25) is 5.02 Å². The molecule has 0 saturated heterocycles. The molecule has 0 saturated carbocycles. The van der Waals surface area contributed by atoms with Gasteiger partial charge in [-0.2, -0.15) is 0 Å². The molecule has 0 aliphatic heterocycles. The highest BCUT2D eigenvalue weighted by atomic mass is 35.5. The second kappa shape index (κ2) is 7.46. The van der Waals surface area contributed by atoms with Gasteiger partial charge in [0.2, 0.25) is 0 Å². The van der Waals surface area contributed by atoms with Gasteiger partial charge in [-0.15, -0.1) is 0 Å². The number of nitrogens with one attached hydrogen (secondary N) is 1. The Morgan fingerprint density at radius 1 is 1.42 bits per heavy atom. The van der Waals surface area contributed by atoms with Gasteiger partial charge in [0.1, 0.15) is 5.82 Å². The summed E-state index contributed by atoms with van der Waals surface area (Å²) >= 11 is 5.73. The lowest BCUT2D eigenvalue weighted by Crippen LogP contribution is -2.40. The van der Waals surface area contributed by atoms with Crippen molar-refractivity contribution in [1.82, 2.24) is 10.2 Å². The lowest BCUT2D eigenvalue weighted by molar-refractivity contribution is 0.0940. The number of likely N-dealkylation sites (N-methyl/N-ethyl adjacent to an activating group) is 1. The van der Waals surface area contributed by atoms with Gasteiger partial charge in [-0.3, -0.25) is 4.79 Å². The topological polar surface area (TPSA) is 32.3 Å². The maximum Gasteiger partial charge on any atom is 0.251 e. The third kappa shape index (κ3) is 5.17. The molecule has 19 heavy (non-hydrogen) atoms. The third-order valence-electron chi connectivity index (χ3n) is 2.98. The summed E-state index contributed by atoms with van der Waals surface area (Å²) in [6.07, 6.45) is 2.04. The number of benzene rings is 1. The second-order valence-corrected chi connectivity index (χ2v) is 5.21. The van der Waals surface area contributed by atoms with E-state index in [1.165, 1.54) is 18.2 Å². The second-order valence-electron chi connectivity index (χ2n) is 4.77. The molecule has 0 radical (unpaired) electrons. The zero-order chi connectivity index (χ0) is 14.4. The van der Waals surface area contributed by atoms with Crippen molar-refractivity contribution in [3.8, 4) is 0 Å². The number of carbonyl (C=O) groups is 1. The van der Waals surface area contributed by atoms with E-state index in [0.717, 1.165) is 12.8 Å². The zero-order valence-corrected chi connectivity index (χ0v) is 12.3. The van der Waals surface area contributed by atoms with Gasteiger partial charge in [0, 0.05) is 23.2 Å². The minimum absolute atomic E-state index is 0.225. The SMILES string of the molecule is CCC[C@@H](CNC(=O)c1cc(F)cc(Cl)c1)N(C)C. The smallest absolute Gasteiger partial charge is 0.251 e. The van der Waals surface area contributed by atoms with Crippen LogP contribution in [0.15, 0.2) is 18.2 Å². The molecule has 1 amide bonds. The molecular weight excluding hydrogens is 267 g/mol. The van der Waals surface area contributed by atoms with E-state index < -0.39 is 5.82 Å². The van der Waals surface area contributed by atoms with Crippen LogP contribution in [0.3, 0.4) is 0 Å². The average molecular weight is 287 g/mol. The first kappa shape index (κ1) is 15.9. The van der Waals surface area contributed by atoms with Gasteiger partial charge in [-0.05, 0) is 38.7 Å². The monoisotopic (exact) mass is 286 g/mol. The summed E-state index contributed by atoms with van der Waals surface area (Å²) in [4.78, 5) is 14.0. The van der Waals surface area contributed by atoms with Crippen molar-refractivity contribution in [3.63, 3.8) is 0 Å². The molecule has 0 aromatic heterocycles. The Morgan fingerprint density at radius 2 is 2.11 bits per heavy atom. The number of halogens is 2. The predicted molar refractivity (Wildman–Crippen MR) is 76.1 cm³/mol. The number of nitrogens with zero attached hydrogens (tertiary/aromatic N) is 1. The van der Waals surface area contributed by atoms with Crippen LogP contribution in [0.4, 0.5) is 4.39 Å². The highest BCUT2D eigenvalue weighted by molar-refractivity contribution is 6.31. The molecule has 1 N–H and O–H groups in total. The molecular formula is C14H20ClFN2O. The molecule has 0 fully saturated rings. The van der Waals surface area contributed by atoms with E-state index >= 15 is 0 Å².